The first-order valence-electron chi connectivity index (χ1n) is 6.71. The highest BCUT2D eigenvalue weighted by atomic mass is 32.2. The van der Waals surface area contributed by atoms with E-state index in [2.05, 4.69) is 15.3 Å². The van der Waals surface area contributed by atoms with Crippen molar-refractivity contribution in [1.29, 1.82) is 0 Å². The Labute approximate surface area is 129 Å². The molecule has 22 heavy (non-hydrogen) atoms. The third kappa shape index (κ3) is 3.70. The van der Waals surface area contributed by atoms with Gasteiger partial charge in [-0.1, -0.05) is 0 Å². The average molecular weight is 322 g/mol. The van der Waals surface area contributed by atoms with Crippen LogP contribution < -0.4 is 5.32 Å². The summed E-state index contributed by atoms with van der Waals surface area (Å²) in [6.07, 6.45) is 6.16. The Morgan fingerprint density at radius 1 is 1.36 bits per heavy atom. The van der Waals surface area contributed by atoms with Crippen LogP contribution >= 0.6 is 0 Å². The molecule has 2 heterocycles. The minimum Gasteiger partial charge on any atom is -0.351 e. The fraction of sp³-hybridized carbons (Fsp3) is 0.357. The Bertz CT molecular complexity index is 783. The Balaban J connectivity index is 2.09. The Morgan fingerprint density at radius 3 is 2.68 bits per heavy atom. The molecule has 0 spiro atoms. The number of carbonyl (C=O) groups is 1. The van der Waals surface area contributed by atoms with Gasteiger partial charge in [-0.2, -0.15) is 0 Å². The number of pyridine rings is 1. The number of hydrogen-bond donors (Lipinski definition) is 1. The van der Waals surface area contributed by atoms with Gasteiger partial charge in [-0.3, -0.25) is 9.36 Å². The Hall–Kier alpha value is -2.22. The van der Waals surface area contributed by atoms with Crippen molar-refractivity contribution in [2.24, 2.45) is 0 Å². The number of nitrogens with one attached hydrogen (secondary N) is 1. The van der Waals surface area contributed by atoms with Crippen LogP contribution in [0.15, 0.2) is 30.7 Å². The van der Waals surface area contributed by atoms with Crippen molar-refractivity contribution >= 4 is 15.7 Å². The van der Waals surface area contributed by atoms with E-state index in [0.717, 1.165) is 17.6 Å². The Morgan fingerprint density at radius 2 is 2.09 bits per heavy atom. The van der Waals surface area contributed by atoms with Crippen molar-refractivity contribution < 1.29 is 13.2 Å². The summed E-state index contributed by atoms with van der Waals surface area (Å²) in [5.41, 5.74) is 0.826. The van der Waals surface area contributed by atoms with E-state index >= 15 is 0 Å². The SMILES string of the molecule is Cc1nccn1-c1cc(CNC(=O)C(C)S(C)(=O)=O)ccn1. The highest BCUT2D eigenvalue weighted by Gasteiger charge is 2.22. The molecule has 0 aliphatic rings. The van der Waals surface area contributed by atoms with Crippen LogP contribution in [-0.2, 0) is 21.2 Å². The number of aryl methyl sites for hydroxylation is 1. The number of sulfone groups is 1. The molecule has 2 aromatic heterocycles. The van der Waals surface area contributed by atoms with E-state index in [0.29, 0.717) is 5.82 Å². The molecule has 1 N–H and O–H groups in total. The molecule has 0 aliphatic heterocycles. The summed E-state index contributed by atoms with van der Waals surface area (Å²) < 4.78 is 24.5. The number of aromatic nitrogens is 3. The van der Waals surface area contributed by atoms with Gasteiger partial charge in [-0.25, -0.2) is 18.4 Å². The van der Waals surface area contributed by atoms with Crippen molar-refractivity contribution in [2.75, 3.05) is 6.26 Å². The lowest BCUT2D eigenvalue weighted by Gasteiger charge is -2.11. The van der Waals surface area contributed by atoms with Gasteiger partial charge in [0.25, 0.3) is 0 Å². The van der Waals surface area contributed by atoms with Crippen LogP contribution in [-0.4, -0.2) is 40.4 Å². The first-order chi connectivity index (χ1) is 10.3. The summed E-state index contributed by atoms with van der Waals surface area (Å²) in [7, 11) is -3.39. The molecule has 1 amide bonds. The summed E-state index contributed by atoms with van der Waals surface area (Å²) in [4.78, 5) is 20.2. The molecule has 1 unspecified atom stereocenters. The molecule has 0 bridgehead atoms. The molecule has 0 aromatic carbocycles. The van der Waals surface area contributed by atoms with Gasteiger partial charge < -0.3 is 5.32 Å². The zero-order chi connectivity index (χ0) is 16.3. The quantitative estimate of drug-likeness (QED) is 0.871. The van der Waals surface area contributed by atoms with E-state index in [1.165, 1.54) is 6.92 Å². The van der Waals surface area contributed by atoms with Crippen molar-refractivity contribution in [2.45, 2.75) is 25.6 Å². The van der Waals surface area contributed by atoms with E-state index in [-0.39, 0.29) is 6.54 Å². The van der Waals surface area contributed by atoms with Gasteiger partial charge in [-0.15, -0.1) is 0 Å². The van der Waals surface area contributed by atoms with Crippen molar-refractivity contribution in [1.82, 2.24) is 19.9 Å². The molecule has 118 valence electrons. The zero-order valence-electron chi connectivity index (χ0n) is 12.6. The molecule has 7 nitrogen and oxygen atoms in total. The number of rotatable bonds is 5. The molecule has 0 fully saturated rings. The van der Waals surface area contributed by atoms with Gasteiger partial charge in [0, 0.05) is 31.4 Å². The third-order valence-electron chi connectivity index (χ3n) is 3.36. The summed E-state index contributed by atoms with van der Waals surface area (Å²) >= 11 is 0. The second kappa shape index (κ2) is 6.27. The van der Waals surface area contributed by atoms with E-state index in [9.17, 15) is 13.2 Å². The molecule has 0 radical (unpaired) electrons. The second-order valence-electron chi connectivity index (χ2n) is 5.06. The van der Waals surface area contributed by atoms with Crippen LogP contribution in [0.4, 0.5) is 0 Å². The largest absolute Gasteiger partial charge is 0.351 e. The smallest absolute Gasteiger partial charge is 0.238 e. The average Bonchev–Trinajstić information content (AvgIpc) is 2.89. The van der Waals surface area contributed by atoms with Gasteiger partial charge >= 0.3 is 0 Å². The highest BCUT2D eigenvalue weighted by Crippen LogP contribution is 2.09. The molecule has 0 saturated heterocycles. The van der Waals surface area contributed by atoms with Crippen LogP contribution in [0.5, 0.6) is 0 Å². The fourth-order valence-electron chi connectivity index (χ4n) is 1.85. The lowest BCUT2D eigenvalue weighted by molar-refractivity contribution is -0.120. The van der Waals surface area contributed by atoms with Crippen molar-refractivity contribution in [3.63, 3.8) is 0 Å². The van der Waals surface area contributed by atoms with E-state index in [1.807, 2.05) is 17.6 Å². The highest BCUT2D eigenvalue weighted by molar-refractivity contribution is 7.92. The topological polar surface area (TPSA) is 94.0 Å². The summed E-state index contributed by atoms with van der Waals surface area (Å²) in [6.45, 7) is 3.48. The van der Waals surface area contributed by atoms with Crippen LogP contribution in [0.3, 0.4) is 0 Å². The predicted molar refractivity (Wildman–Crippen MR) is 82.2 cm³/mol. The normalized spacial score (nSPS) is 12.9. The van der Waals surface area contributed by atoms with Gasteiger partial charge in [0.15, 0.2) is 9.84 Å². The number of amides is 1. The van der Waals surface area contributed by atoms with E-state index < -0.39 is 21.0 Å². The number of nitrogens with zero attached hydrogens (tertiary/aromatic N) is 3. The molecular weight excluding hydrogens is 304 g/mol. The van der Waals surface area contributed by atoms with Gasteiger partial charge in [-0.05, 0) is 31.5 Å². The predicted octanol–water partition coefficient (Wildman–Crippen LogP) is 0.625. The molecule has 0 saturated carbocycles. The lowest BCUT2D eigenvalue weighted by Crippen LogP contribution is -2.37. The van der Waals surface area contributed by atoms with E-state index in [4.69, 9.17) is 0 Å². The number of carbonyl (C=O) groups excluding carboxylic acids is 1. The van der Waals surface area contributed by atoms with Crippen LogP contribution in [0.2, 0.25) is 0 Å². The fourth-order valence-corrected chi connectivity index (χ4v) is 2.32. The van der Waals surface area contributed by atoms with Crippen molar-refractivity contribution in [3.8, 4) is 5.82 Å². The first-order valence-corrected chi connectivity index (χ1v) is 8.66. The standard InChI is InChI=1S/C14H18N4O3S/c1-10(22(3,20)21)14(19)17-9-12-4-5-16-13(8-12)18-7-6-15-11(18)2/h4-8,10H,9H2,1-3H3,(H,17,19). The molecule has 0 aliphatic carbocycles. The third-order valence-corrected chi connectivity index (χ3v) is 4.86. The van der Waals surface area contributed by atoms with Crippen LogP contribution in [0.25, 0.3) is 5.82 Å². The number of hydrogen-bond acceptors (Lipinski definition) is 5. The first kappa shape index (κ1) is 16.2. The zero-order valence-corrected chi connectivity index (χ0v) is 13.5. The molecule has 8 heteroatoms. The summed E-state index contributed by atoms with van der Waals surface area (Å²) in [6, 6.07) is 3.58. The monoisotopic (exact) mass is 322 g/mol. The maximum absolute atomic E-state index is 11.8. The van der Waals surface area contributed by atoms with Gasteiger partial charge in [0.1, 0.15) is 16.9 Å². The summed E-state index contributed by atoms with van der Waals surface area (Å²) in [5, 5.41) is 1.56. The Kier molecular flexibility index (Phi) is 4.60. The van der Waals surface area contributed by atoms with E-state index in [1.54, 1.807) is 24.7 Å². The molecule has 2 aromatic rings. The second-order valence-corrected chi connectivity index (χ2v) is 7.42. The van der Waals surface area contributed by atoms with Gasteiger partial charge in [0.05, 0.1) is 0 Å². The maximum atomic E-state index is 11.8. The summed E-state index contributed by atoms with van der Waals surface area (Å²) in [5.74, 6) is 0.983. The van der Waals surface area contributed by atoms with Gasteiger partial charge in [0.2, 0.25) is 5.91 Å². The maximum Gasteiger partial charge on any atom is 0.238 e. The van der Waals surface area contributed by atoms with Crippen LogP contribution in [0, 0.1) is 6.92 Å². The minimum absolute atomic E-state index is 0.238. The lowest BCUT2D eigenvalue weighted by atomic mass is 10.2. The molecule has 2 rings (SSSR count). The minimum atomic E-state index is -3.39. The van der Waals surface area contributed by atoms with Crippen molar-refractivity contribution in [3.05, 3.63) is 42.1 Å². The molecular formula is C14H18N4O3S. The van der Waals surface area contributed by atoms with Crippen LogP contribution in [0.1, 0.15) is 18.3 Å². The number of imidazole rings is 1. The molecule has 1 atom stereocenters.